The maximum Gasteiger partial charge on any atom is 0.433 e. The van der Waals surface area contributed by atoms with Crippen molar-refractivity contribution in [1.29, 1.82) is 0 Å². The van der Waals surface area contributed by atoms with Crippen LogP contribution in [0.5, 0.6) is 0 Å². The molecule has 0 saturated heterocycles. The van der Waals surface area contributed by atoms with Gasteiger partial charge in [0.1, 0.15) is 5.69 Å². The smallest absolute Gasteiger partial charge is 0.251 e. The predicted molar refractivity (Wildman–Crippen MR) is 122 cm³/mol. The van der Waals surface area contributed by atoms with Crippen LogP contribution in [0.25, 0.3) is 11.1 Å². The van der Waals surface area contributed by atoms with Crippen LogP contribution in [-0.2, 0) is 12.6 Å². The molecule has 1 aromatic heterocycles. The molecular weight excluding hydrogens is 395 g/mol. The summed E-state index contributed by atoms with van der Waals surface area (Å²) >= 11 is 0. The Morgan fingerprint density at radius 2 is 1.39 bits per heavy atom. The number of alkyl halides is 3. The van der Waals surface area contributed by atoms with Crippen molar-refractivity contribution >= 4 is 0 Å². The molecule has 1 heterocycles. The minimum absolute atomic E-state index is 0.715. The van der Waals surface area contributed by atoms with Gasteiger partial charge in [-0.1, -0.05) is 101 Å². The van der Waals surface area contributed by atoms with Crippen LogP contribution in [0.15, 0.2) is 42.6 Å². The van der Waals surface area contributed by atoms with Crippen LogP contribution >= 0.6 is 0 Å². The van der Waals surface area contributed by atoms with Gasteiger partial charge >= 0.3 is 6.18 Å². The van der Waals surface area contributed by atoms with E-state index < -0.39 is 11.9 Å². The Morgan fingerprint density at radius 1 is 0.774 bits per heavy atom. The molecule has 0 N–H and O–H groups in total. The first kappa shape index (κ1) is 23.8. The number of aromatic nitrogens is 1. The van der Waals surface area contributed by atoms with Crippen molar-refractivity contribution in [2.24, 2.45) is 11.8 Å². The Hall–Kier alpha value is -1.84. The lowest BCUT2D eigenvalue weighted by molar-refractivity contribution is -0.141. The van der Waals surface area contributed by atoms with Crippen LogP contribution in [0.3, 0.4) is 0 Å². The van der Waals surface area contributed by atoms with Gasteiger partial charge in [-0.2, -0.15) is 13.2 Å². The van der Waals surface area contributed by atoms with Gasteiger partial charge in [0.05, 0.1) is 0 Å². The van der Waals surface area contributed by atoms with Crippen LogP contribution in [0.2, 0.25) is 0 Å². The molecule has 0 aliphatic heterocycles. The zero-order valence-corrected chi connectivity index (χ0v) is 18.8. The van der Waals surface area contributed by atoms with Gasteiger partial charge in [0, 0.05) is 11.8 Å². The summed E-state index contributed by atoms with van der Waals surface area (Å²) in [6.45, 7) is 2.27. The molecule has 31 heavy (non-hydrogen) atoms. The lowest BCUT2D eigenvalue weighted by Gasteiger charge is -2.28. The number of unbranched alkanes of at least 4 members (excludes halogenated alkanes) is 4. The van der Waals surface area contributed by atoms with Crippen molar-refractivity contribution in [2.75, 3.05) is 0 Å². The maximum atomic E-state index is 12.7. The molecule has 1 aliphatic rings. The molecule has 4 heteroatoms. The lowest BCUT2D eigenvalue weighted by Crippen LogP contribution is -2.15. The number of hydrogen-bond acceptors (Lipinski definition) is 1. The highest BCUT2D eigenvalue weighted by atomic mass is 19.4. The molecule has 0 radical (unpaired) electrons. The van der Waals surface area contributed by atoms with Gasteiger partial charge in [0.2, 0.25) is 0 Å². The quantitative estimate of drug-likeness (QED) is 0.342. The number of benzene rings is 1. The largest absolute Gasteiger partial charge is 0.433 e. The molecule has 1 fully saturated rings. The second kappa shape index (κ2) is 11.7. The van der Waals surface area contributed by atoms with Gasteiger partial charge in [0.15, 0.2) is 0 Å². The third kappa shape index (κ3) is 7.66. The van der Waals surface area contributed by atoms with Crippen LogP contribution in [0.1, 0.15) is 88.8 Å². The van der Waals surface area contributed by atoms with E-state index in [9.17, 15) is 13.2 Å². The average Bonchev–Trinajstić information content (AvgIpc) is 2.78. The molecule has 170 valence electrons. The van der Waals surface area contributed by atoms with E-state index in [1.807, 2.05) is 12.1 Å². The summed E-state index contributed by atoms with van der Waals surface area (Å²) in [6, 6.07) is 10.7. The van der Waals surface area contributed by atoms with Crippen molar-refractivity contribution in [3.8, 4) is 11.1 Å². The van der Waals surface area contributed by atoms with Crippen molar-refractivity contribution in [3.05, 3.63) is 53.9 Å². The van der Waals surface area contributed by atoms with Gasteiger partial charge in [-0.05, 0) is 41.9 Å². The van der Waals surface area contributed by atoms with E-state index >= 15 is 0 Å². The molecule has 1 nitrogen and oxygen atoms in total. The Kier molecular flexibility index (Phi) is 8.98. The highest BCUT2D eigenvalue weighted by Crippen LogP contribution is 2.34. The molecule has 0 atom stereocenters. The Labute approximate surface area is 185 Å². The number of pyridine rings is 1. The molecular formula is C27H36F3N. The van der Waals surface area contributed by atoms with E-state index in [2.05, 4.69) is 24.0 Å². The predicted octanol–water partition coefficient (Wildman–Crippen LogP) is 8.87. The molecule has 0 amide bonds. The van der Waals surface area contributed by atoms with Crippen molar-refractivity contribution in [1.82, 2.24) is 4.98 Å². The third-order valence-electron chi connectivity index (χ3n) is 6.86. The standard InChI is InChI=1S/C27H36F3N/c1-2-3-4-5-6-7-21-8-10-22(11-9-21)12-13-23-14-16-24(17-15-23)25-18-19-26(31-20-25)27(28,29)30/h14-22H,2-13H2,1H3. The first-order valence-corrected chi connectivity index (χ1v) is 12.1. The fourth-order valence-electron chi connectivity index (χ4n) is 4.81. The van der Waals surface area contributed by atoms with Gasteiger partial charge in [-0.3, -0.25) is 4.98 Å². The maximum absolute atomic E-state index is 12.7. The number of halogens is 3. The normalized spacial score (nSPS) is 19.5. The molecule has 0 unspecified atom stereocenters. The average molecular weight is 432 g/mol. The number of rotatable bonds is 10. The number of hydrogen-bond donors (Lipinski definition) is 0. The van der Waals surface area contributed by atoms with E-state index in [0.29, 0.717) is 5.56 Å². The molecule has 3 rings (SSSR count). The van der Waals surface area contributed by atoms with E-state index in [1.54, 1.807) is 0 Å². The Balaban J connectivity index is 1.39. The first-order valence-electron chi connectivity index (χ1n) is 12.1. The fraction of sp³-hybridized carbons (Fsp3) is 0.593. The minimum atomic E-state index is -4.39. The zero-order chi connectivity index (χ0) is 22.1. The van der Waals surface area contributed by atoms with E-state index in [-0.39, 0.29) is 0 Å². The van der Waals surface area contributed by atoms with Crippen LogP contribution < -0.4 is 0 Å². The molecule has 0 spiro atoms. The SMILES string of the molecule is CCCCCCCC1CCC(CCc2ccc(-c3ccc(C(F)(F)F)nc3)cc2)CC1. The molecule has 1 saturated carbocycles. The fourth-order valence-corrected chi connectivity index (χ4v) is 4.81. The van der Waals surface area contributed by atoms with Crippen LogP contribution in [0, 0.1) is 11.8 Å². The van der Waals surface area contributed by atoms with Crippen molar-refractivity contribution in [3.63, 3.8) is 0 Å². The highest BCUT2D eigenvalue weighted by molar-refractivity contribution is 5.62. The van der Waals surface area contributed by atoms with Gasteiger partial charge < -0.3 is 0 Å². The zero-order valence-electron chi connectivity index (χ0n) is 18.8. The second-order valence-corrected chi connectivity index (χ2v) is 9.26. The highest BCUT2D eigenvalue weighted by Gasteiger charge is 2.32. The Morgan fingerprint density at radius 3 is 1.97 bits per heavy atom. The lowest BCUT2D eigenvalue weighted by atomic mass is 9.77. The van der Waals surface area contributed by atoms with E-state index in [1.165, 1.54) is 88.5 Å². The number of nitrogens with zero attached hydrogens (tertiary/aromatic N) is 1. The van der Waals surface area contributed by atoms with Crippen molar-refractivity contribution in [2.45, 2.75) is 90.1 Å². The molecule has 0 bridgehead atoms. The monoisotopic (exact) mass is 431 g/mol. The Bertz CT molecular complexity index is 757. The second-order valence-electron chi connectivity index (χ2n) is 9.26. The summed E-state index contributed by atoms with van der Waals surface area (Å²) in [5.74, 6) is 1.80. The van der Waals surface area contributed by atoms with E-state index in [4.69, 9.17) is 0 Å². The van der Waals surface area contributed by atoms with Crippen LogP contribution in [-0.4, -0.2) is 4.98 Å². The summed E-state index contributed by atoms with van der Waals surface area (Å²) in [5, 5.41) is 0. The minimum Gasteiger partial charge on any atom is -0.251 e. The summed E-state index contributed by atoms with van der Waals surface area (Å²) in [7, 11) is 0. The topological polar surface area (TPSA) is 12.9 Å². The summed E-state index contributed by atoms with van der Waals surface area (Å²) in [6.07, 6.45) is 13.1. The van der Waals surface area contributed by atoms with Gasteiger partial charge in [-0.15, -0.1) is 0 Å². The molecule has 1 aromatic carbocycles. The summed E-state index contributed by atoms with van der Waals surface area (Å²) in [5.41, 5.74) is 2.08. The van der Waals surface area contributed by atoms with Crippen LogP contribution in [0.4, 0.5) is 13.2 Å². The summed E-state index contributed by atoms with van der Waals surface area (Å²) in [4.78, 5) is 3.56. The first-order chi connectivity index (χ1) is 15.0. The van der Waals surface area contributed by atoms with Gasteiger partial charge in [0.25, 0.3) is 0 Å². The van der Waals surface area contributed by atoms with Gasteiger partial charge in [-0.25, -0.2) is 0 Å². The number of aryl methyl sites for hydroxylation is 1. The summed E-state index contributed by atoms with van der Waals surface area (Å²) < 4.78 is 38.0. The molecule has 1 aliphatic carbocycles. The van der Waals surface area contributed by atoms with Crippen molar-refractivity contribution < 1.29 is 13.2 Å². The molecule has 2 aromatic rings. The third-order valence-corrected chi connectivity index (χ3v) is 6.86. The van der Waals surface area contributed by atoms with E-state index in [0.717, 1.165) is 29.9 Å².